The first-order valence-electron chi connectivity index (χ1n) is 4.78. The molecule has 7 nitrogen and oxygen atoms in total. The largest absolute Gasteiger partial charge is 0.478 e. The fourth-order valence-corrected chi connectivity index (χ4v) is 2.64. The Kier molecular flexibility index (Phi) is 5.50. The maximum atomic E-state index is 11.2. The monoisotopic (exact) mass is 421 g/mol. The van der Waals surface area contributed by atoms with Gasteiger partial charge in [0, 0.05) is 8.95 Å². The van der Waals surface area contributed by atoms with E-state index in [1.807, 2.05) is 0 Å². The van der Waals surface area contributed by atoms with Gasteiger partial charge in [0.05, 0.1) is 10.7 Å². The molecule has 0 aliphatic heterocycles. The van der Waals surface area contributed by atoms with Crippen molar-refractivity contribution >= 4 is 66.7 Å². The molecule has 0 atom stereocenters. The molecule has 0 fully saturated rings. The Balaban J connectivity index is 3.40. The fraction of sp³-hybridized carbons (Fsp3) is 0. The van der Waals surface area contributed by atoms with Crippen LogP contribution >= 0.6 is 43.5 Å². The minimum atomic E-state index is -1.28. The van der Waals surface area contributed by atoms with Crippen LogP contribution in [0.1, 0.15) is 10.4 Å². The van der Waals surface area contributed by atoms with Gasteiger partial charge in [0.25, 0.3) is 0 Å². The average Bonchev–Trinajstić information content (AvgIpc) is 2.34. The second-order valence-electron chi connectivity index (χ2n) is 3.31. The van der Waals surface area contributed by atoms with Gasteiger partial charge in [0.1, 0.15) is 11.6 Å². The number of carbonyl (C=O) groups is 1. The maximum Gasteiger partial charge on any atom is 0.339 e. The smallest absolute Gasteiger partial charge is 0.339 e. The third kappa shape index (κ3) is 3.47. The number of aromatic carboxylic acids is 1. The molecule has 0 saturated heterocycles. The SMILES string of the molecule is N#C/C(=N\Nc1c(Br)cc(Br)c(Cl)c1C(=O)O)C(=N)N. The Hall–Kier alpha value is -1.63. The normalized spacial score (nSPS) is 10.8. The minimum Gasteiger partial charge on any atom is -0.478 e. The van der Waals surface area contributed by atoms with Gasteiger partial charge in [0.2, 0.25) is 5.71 Å². The zero-order valence-corrected chi connectivity index (χ0v) is 13.5. The lowest BCUT2D eigenvalue weighted by Gasteiger charge is -2.11. The Morgan fingerprint density at radius 2 is 2.15 bits per heavy atom. The van der Waals surface area contributed by atoms with Crippen LogP contribution in [0.4, 0.5) is 5.69 Å². The molecular formula is C10H6Br2ClN5O2. The number of hydrazone groups is 1. The number of amidine groups is 1. The lowest BCUT2D eigenvalue weighted by molar-refractivity contribution is 0.0698. The molecule has 104 valence electrons. The molecule has 0 aromatic heterocycles. The predicted molar refractivity (Wildman–Crippen MR) is 82.4 cm³/mol. The number of nitriles is 1. The highest BCUT2D eigenvalue weighted by Gasteiger charge is 2.20. The standard InChI is InChI=1S/C10H6Br2ClN5O2/c11-3-1-4(12)8(6(7(3)13)10(19)20)18-17-5(2-14)9(15)16/h1,18H,(H3,15,16)(H,19,20)/b17-5+. The number of anilines is 1. The van der Waals surface area contributed by atoms with Crippen LogP contribution in [0.3, 0.4) is 0 Å². The van der Waals surface area contributed by atoms with Gasteiger partial charge in [-0.1, -0.05) is 11.6 Å². The average molecular weight is 423 g/mol. The van der Waals surface area contributed by atoms with Crippen molar-refractivity contribution in [3.05, 3.63) is 25.6 Å². The van der Waals surface area contributed by atoms with E-state index in [0.29, 0.717) is 8.95 Å². The lowest BCUT2D eigenvalue weighted by Crippen LogP contribution is -2.22. The molecule has 0 aliphatic carbocycles. The van der Waals surface area contributed by atoms with Crippen LogP contribution in [0, 0.1) is 16.7 Å². The topological polar surface area (TPSA) is 135 Å². The van der Waals surface area contributed by atoms with E-state index in [-0.39, 0.29) is 22.0 Å². The van der Waals surface area contributed by atoms with Crippen molar-refractivity contribution in [1.82, 2.24) is 0 Å². The number of hydrogen-bond donors (Lipinski definition) is 4. The summed E-state index contributed by atoms with van der Waals surface area (Å²) in [5, 5.41) is 28.6. The van der Waals surface area contributed by atoms with E-state index >= 15 is 0 Å². The molecule has 0 aliphatic rings. The minimum absolute atomic E-state index is 0.0280. The number of hydrogen-bond acceptors (Lipinski definition) is 5. The first-order chi connectivity index (χ1) is 9.29. The van der Waals surface area contributed by atoms with E-state index in [2.05, 4.69) is 42.4 Å². The molecule has 0 saturated carbocycles. The number of nitrogens with two attached hydrogens (primary N) is 1. The Bertz CT molecular complexity index is 669. The summed E-state index contributed by atoms with van der Waals surface area (Å²) in [6, 6.07) is 3.12. The second-order valence-corrected chi connectivity index (χ2v) is 5.39. The molecule has 0 spiro atoms. The maximum absolute atomic E-state index is 11.2. The Labute approximate surface area is 135 Å². The molecule has 0 heterocycles. The summed E-state index contributed by atoms with van der Waals surface area (Å²) in [4.78, 5) is 11.2. The van der Waals surface area contributed by atoms with Crippen molar-refractivity contribution in [3.8, 4) is 6.07 Å². The summed E-state index contributed by atoms with van der Waals surface area (Å²) in [6.45, 7) is 0. The number of benzene rings is 1. The summed E-state index contributed by atoms with van der Waals surface area (Å²) in [6.07, 6.45) is 0. The van der Waals surface area contributed by atoms with E-state index in [1.54, 1.807) is 6.07 Å². The molecule has 1 aromatic rings. The Morgan fingerprint density at radius 1 is 1.55 bits per heavy atom. The molecule has 0 bridgehead atoms. The van der Waals surface area contributed by atoms with Crippen molar-refractivity contribution in [2.75, 3.05) is 5.43 Å². The van der Waals surface area contributed by atoms with E-state index < -0.39 is 11.8 Å². The summed E-state index contributed by atoms with van der Waals surface area (Å²) >= 11 is 12.2. The molecule has 1 aromatic carbocycles. The fourth-order valence-electron chi connectivity index (χ4n) is 1.16. The van der Waals surface area contributed by atoms with Gasteiger partial charge >= 0.3 is 5.97 Å². The number of carboxylic acid groups (broad SMARTS) is 1. The molecule has 5 N–H and O–H groups in total. The van der Waals surface area contributed by atoms with Gasteiger partial charge < -0.3 is 10.8 Å². The van der Waals surface area contributed by atoms with Crippen molar-refractivity contribution < 1.29 is 9.90 Å². The van der Waals surface area contributed by atoms with E-state index in [9.17, 15) is 9.90 Å². The van der Waals surface area contributed by atoms with Gasteiger partial charge in [-0.25, -0.2) is 4.79 Å². The van der Waals surface area contributed by atoms with Crippen molar-refractivity contribution in [2.45, 2.75) is 0 Å². The molecule has 0 amide bonds. The van der Waals surface area contributed by atoms with E-state index in [1.165, 1.54) is 6.07 Å². The highest BCUT2D eigenvalue weighted by atomic mass is 79.9. The zero-order valence-electron chi connectivity index (χ0n) is 9.54. The molecule has 20 heavy (non-hydrogen) atoms. The third-order valence-electron chi connectivity index (χ3n) is 2.03. The highest BCUT2D eigenvalue weighted by Crippen LogP contribution is 2.37. The second kappa shape index (κ2) is 6.69. The van der Waals surface area contributed by atoms with Gasteiger partial charge in [-0.05, 0) is 37.9 Å². The van der Waals surface area contributed by atoms with Crippen LogP contribution in [-0.2, 0) is 0 Å². The van der Waals surface area contributed by atoms with Crippen molar-refractivity contribution in [3.63, 3.8) is 0 Å². The van der Waals surface area contributed by atoms with Crippen LogP contribution in [0.15, 0.2) is 20.1 Å². The number of nitrogens with zero attached hydrogens (tertiary/aromatic N) is 2. The Morgan fingerprint density at radius 3 is 2.60 bits per heavy atom. The summed E-state index contributed by atoms with van der Waals surface area (Å²) in [5.41, 5.74) is 6.93. The lowest BCUT2D eigenvalue weighted by atomic mass is 10.2. The van der Waals surface area contributed by atoms with Crippen LogP contribution in [0.25, 0.3) is 0 Å². The third-order valence-corrected chi connectivity index (χ3v) is 3.90. The van der Waals surface area contributed by atoms with E-state index in [0.717, 1.165) is 0 Å². The number of nitrogens with one attached hydrogen (secondary N) is 2. The molecule has 10 heteroatoms. The summed E-state index contributed by atoms with van der Waals surface area (Å²) in [5.74, 6) is -1.83. The van der Waals surface area contributed by atoms with Gasteiger partial charge in [-0.3, -0.25) is 10.8 Å². The zero-order chi connectivity index (χ0) is 15.4. The summed E-state index contributed by atoms with van der Waals surface area (Å²) < 4.78 is 0.737. The van der Waals surface area contributed by atoms with Crippen molar-refractivity contribution in [1.29, 1.82) is 10.7 Å². The van der Waals surface area contributed by atoms with Gasteiger partial charge in [-0.15, -0.1) is 0 Å². The van der Waals surface area contributed by atoms with Crippen LogP contribution < -0.4 is 11.2 Å². The summed E-state index contributed by atoms with van der Waals surface area (Å²) in [7, 11) is 0. The molecular weight excluding hydrogens is 417 g/mol. The molecule has 1 rings (SSSR count). The van der Waals surface area contributed by atoms with Gasteiger partial charge in [0.15, 0.2) is 5.84 Å². The van der Waals surface area contributed by atoms with Gasteiger partial charge in [-0.2, -0.15) is 10.4 Å². The van der Waals surface area contributed by atoms with Crippen LogP contribution in [-0.4, -0.2) is 22.6 Å². The molecule has 0 unspecified atom stereocenters. The first-order valence-corrected chi connectivity index (χ1v) is 6.75. The first kappa shape index (κ1) is 16.4. The van der Waals surface area contributed by atoms with Crippen LogP contribution in [0.2, 0.25) is 5.02 Å². The number of rotatable bonds is 4. The van der Waals surface area contributed by atoms with Crippen molar-refractivity contribution in [2.24, 2.45) is 10.8 Å². The highest BCUT2D eigenvalue weighted by molar-refractivity contribution is 9.11. The number of halogens is 3. The quantitative estimate of drug-likeness (QED) is 0.256. The predicted octanol–water partition coefficient (Wildman–Crippen LogP) is 2.79. The van der Waals surface area contributed by atoms with E-state index in [4.69, 9.17) is 28.0 Å². The number of carboxylic acids is 1. The molecule has 0 radical (unpaired) electrons. The van der Waals surface area contributed by atoms with Crippen LogP contribution in [0.5, 0.6) is 0 Å².